The Labute approximate surface area is 121 Å². The van der Waals surface area contributed by atoms with Crippen LogP contribution in [0, 0.1) is 11.3 Å². The average Bonchev–Trinajstić information content (AvgIpc) is 2.31. The maximum absolute atomic E-state index is 12.4. The first-order valence-corrected chi connectivity index (χ1v) is 6.81. The van der Waals surface area contributed by atoms with Crippen LogP contribution < -0.4 is 10.8 Å². The molecule has 0 spiro atoms. The van der Waals surface area contributed by atoms with E-state index in [-0.39, 0.29) is 28.9 Å². The Morgan fingerprint density at radius 3 is 2.00 bits per heavy atom. The van der Waals surface area contributed by atoms with E-state index < -0.39 is 12.0 Å². The van der Waals surface area contributed by atoms with Gasteiger partial charge in [0.15, 0.2) is 0 Å². The lowest BCUT2D eigenvalue weighted by atomic mass is 9.86. The molecule has 20 heavy (non-hydrogen) atoms. The molecule has 0 aliphatic rings. The Morgan fingerprint density at radius 1 is 1.25 bits per heavy atom. The van der Waals surface area contributed by atoms with Crippen LogP contribution in [0.4, 0.5) is 0 Å². The van der Waals surface area contributed by atoms with Crippen LogP contribution in [0.15, 0.2) is 11.6 Å². The molecule has 2 atom stereocenters. The molecular weight excluding hydrogens is 256 g/mol. The van der Waals surface area contributed by atoms with Gasteiger partial charge in [-0.3, -0.25) is 4.79 Å². The number of likely N-dealkylation sites (N-methyl/N-ethyl adjacent to an activating group) is 1. The monoisotopic (exact) mass is 283 g/mol. The highest BCUT2D eigenvalue weighted by Crippen LogP contribution is 2.21. The molecule has 2 N–H and O–H groups in total. The topological polar surface area (TPSA) is 86.5 Å². The van der Waals surface area contributed by atoms with Gasteiger partial charge in [-0.05, 0) is 23.8 Å². The van der Waals surface area contributed by atoms with Gasteiger partial charge < -0.3 is 20.5 Å². The minimum absolute atomic E-state index is 0.0745. The largest absolute Gasteiger partial charge is 0.545 e. The Morgan fingerprint density at radius 2 is 1.70 bits per heavy atom. The van der Waals surface area contributed by atoms with Crippen molar-refractivity contribution in [1.82, 2.24) is 4.90 Å². The number of carboxylic acid groups (broad SMARTS) is 1. The number of carbonyl (C=O) groups is 2. The number of aliphatic carboxylic acids is 1. The molecule has 0 aromatic heterocycles. The third kappa shape index (κ3) is 4.96. The fraction of sp³-hybridized carbons (Fsp3) is 0.733. The molecule has 0 fully saturated rings. The molecule has 5 nitrogen and oxygen atoms in total. The summed E-state index contributed by atoms with van der Waals surface area (Å²) in [6.45, 7) is 11.0. The van der Waals surface area contributed by atoms with Gasteiger partial charge in [-0.1, -0.05) is 40.7 Å². The number of amides is 1. The first kappa shape index (κ1) is 18.6. The van der Waals surface area contributed by atoms with Crippen molar-refractivity contribution in [3.8, 4) is 0 Å². The van der Waals surface area contributed by atoms with E-state index >= 15 is 0 Å². The van der Waals surface area contributed by atoms with Gasteiger partial charge >= 0.3 is 0 Å². The van der Waals surface area contributed by atoms with Crippen LogP contribution in [-0.2, 0) is 9.59 Å². The van der Waals surface area contributed by atoms with Crippen molar-refractivity contribution in [2.75, 3.05) is 7.05 Å². The number of carbonyl (C=O) groups excluding carboxylic acids is 2. The van der Waals surface area contributed by atoms with Crippen molar-refractivity contribution in [3.63, 3.8) is 0 Å². The lowest BCUT2D eigenvalue weighted by Gasteiger charge is -2.35. The van der Waals surface area contributed by atoms with E-state index in [4.69, 9.17) is 5.73 Å². The predicted molar refractivity (Wildman–Crippen MR) is 77.6 cm³/mol. The summed E-state index contributed by atoms with van der Waals surface area (Å²) in [5, 5.41) is 10.8. The number of nitrogens with two attached hydrogens (primary N) is 1. The smallest absolute Gasteiger partial charge is 0.240 e. The lowest BCUT2D eigenvalue weighted by Crippen LogP contribution is -2.52. The Balaban J connectivity index is 5.28. The SMILES string of the molecule is CC(=CC(C(C)C)N(C)C(=O)[C@@H](N)C(C)(C)C)C(=O)[O-]. The Bertz CT molecular complexity index is 394. The maximum atomic E-state index is 12.4. The molecule has 0 aliphatic carbocycles. The molecule has 0 aromatic rings. The normalized spacial score (nSPS) is 15.9. The molecule has 0 radical (unpaired) electrons. The van der Waals surface area contributed by atoms with Gasteiger partial charge in [0.2, 0.25) is 5.91 Å². The summed E-state index contributed by atoms with van der Waals surface area (Å²) in [6.07, 6.45) is 1.55. The van der Waals surface area contributed by atoms with E-state index in [1.165, 1.54) is 11.8 Å². The average molecular weight is 283 g/mol. The zero-order valence-electron chi connectivity index (χ0n) is 13.6. The van der Waals surface area contributed by atoms with E-state index in [9.17, 15) is 14.7 Å². The van der Waals surface area contributed by atoms with Gasteiger partial charge in [-0.2, -0.15) is 0 Å². The zero-order chi connectivity index (χ0) is 16.2. The third-order valence-corrected chi connectivity index (χ3v) is 3.42. The highest BCUT2D eigenvalue weighted by molar-refractivity contribution is 5.85. The second kappa shape index (κ2) is 6.88. The second-order valence-corrected chi connectivity index (χ2v) is 6.66. The van der Waals surface area contributed by atoms with Gasteiger partial charge in [0.05, 0.1) is 18.1 Å². The van der Waals surface area contributed by atoms with Crippen LogP contribution in [0.1, 0.15) is 41.5 Å². The van der Waals surface area contributed by atoms with E-state index in [0.29, 0.717) is 0 Å². The minimum atomic E-state index is -1.23. The molecule has 1 amide bonds. The fourth-order valence-corrected chi connectivity index (χ4v) is 1.81. The van der Waals surface area contributed by atoms with Crippen LogP contribution in [0.5, 0.6) is 0 Å². The van der Waals surface area contributed by atoms with Crippen molar-refractivity contribution in [2.24, 2.45) is 17.1 Å². The first-order chi connectivity index (χ1) is 8.89. The Hall–Kier alpha value is -1.36. The fourth-order valence-electron chi connectivity index (χ4n) is 1.81. The molecule has 1 unspecified atom stereocenters. The summed E-state index contributed by atoms with van der Waals surface area (Å²) < 4.78 is 0. The highest BCUT2D eigenvalue weighted by atomic mass is 16.4. The lowest BCUT2D eigenvalue weighted by molar-refractivity contribution is -0.299. The molecule has 0 bridgehead atoms. The van der Waals surface area contributed by atoms with Crippen molar-refractivity contribution in [3.05, 3.63) is 11.6 Å². The minimum Gasteiger partial charge on any atom is -0.545 e. The summed E-state index contributed by atoms with van der Waals surface area (Å²) in [5.41, 5.74) is 5.75. The number of hydrogen-bond acceptors (Lipinski definition) is 4. The molecule has 0 saturated carbocycles. The number of carboxylic acids is 1. The summed E-state index contributed by atoms with van der Waals surface area (Å²) >= 11 is 0. The molecule has 5 heteroatoms. The van der Waals surface area contributed by atoms with Crippen LogP contribution >= 0.6 is 0 Å². The van der Waals surface area contributed by atoms with Crippen LogP contribution in [0.25, 0.3) is 0 Å². The van der Waals surface area contributed by atoms with Gasteiger partial charge in [0, 0.05) is 7.05 Å². The van der Waals surface area contributed by atoms with E-state index in [2.05, 4.69) is 0 Å². The zero-order valence-corrected chi connectivity index (χ0v) is 13.6. The van der Waals surface area contributed by atoms with Gasteiger partial charge in [0.25, 0.3) is 0 Å². The molecule has 0 rings (SSSR count). The standard InChI is InChI=1S/C15H28N2O3/c1-9(2)11(8-10(3)14(19)20)17(7)13(18)12(16)15(4,5)6/h8-9,11-12H,16H2,1-7H3,(H,19,20)/p-1/t11?,12-/m1/s1. The number of nitrogens with zero attached hydrogens (tertiary/aromatic N) is 1. The quantitative estimate of drug-likeness (QED) is 0.746. The molecule has 116 valence electrons. The maximum Gasteiger partial charge on any atom is 0.240 e. The summed E-state index contributed by atoms with van der Waals surface area (Å²) in [7, 11) is 1.65. The van der Waals surface area contributed by atoms with E-state index in [1.807, 2.05) is 34.6 Å². The van der Waals surface area contributed by atoms with Crippen LogP contribution in [-0.4, -0.2) is 35.9 Å². The highest BCUT2D eigenvalue weighted by Gasteiger charge is 2.32. The molecule has 0 heterocycles. The summed E-state index contributed by atoms with van der Waals surface area (Å²) in [6, 6.07) is -0.959. The molecule has 0 aromatic carbocycles. The number of hydrogen-bond donors (Lipinski definition) is 1. The van der Waals surface area contributed by atoms with Crippen LogP contribution in [0.3, 0.4) is 0 Å². The van der Waals surface area contributed by atoms with Gasteiger partial charge in [-0.15, -0.1) is 0 Å². The number of rotatable bonds is 5. The summed E-state index contributed by atoms with van der Waals surface area (Å²) in [4.78, 5) is 24.8. The van der Waals surface area contributed by atoms with Crippen LogP contribution in [0.2, 0.25) is 0 Å². The van der Waals surface area contributed by atoms with Crippen molar-refractivity contribution in [1.29, 1.82) is 0 Å². The first-order valence-electron chi connectivity index (χ1n) is 6.81. The summed E-state index contributed by atoms with van der Waals surface area (Å²) in [5.74, 6) is -1.35. The third-order valence-electron chi connectivity index (χ3n) is 3.42. The molecule has 0 aliphatic heterocycles. The second-order valence-electron chi connectivity index (χ2n) is 6.66. The van der Waals surface area contributed by atoms with Gasteiger partial charge in [0.1, 0.15) is 0 Å². The molecular formula is C15H27N2O3-. The molecule has 0 saturated heterocycles. The Kier molecular flexibility index (Phi) is 6.41. The van der Waals surface area contributed by atoms with Crippen molar-refractivity contribution in [2.45, 2.75) is 53.6 Å². The van der Waals surface area contributed by atoms with Gasteiger partial charge in [-0.25, -0.2) is 0 Å². The van der Waals surface area contributed by atoms with E-state index in [1.54, 1.807) is 13.1 Å². The van der Waals surface area contributed by atoms with Crippen molar-refractivity contribution >= 4 is 11.9 Å². The van der Waals surface area contributed by atoms with Crippen molar-refractivity contribution < 1.29 is 14.7 Å². The van der Waals surface area contributed by atoms with E-state index in [0.717, 1.165) is 0 Å². The predicted octanol–water partition coefficient (Wildman–Crippen LogP) is 0.539.